The van der Waals surface area contributed by atoms with Crippen LogP contribution in [0.3, 0.4) is 0 Å². The zero-order chi connectivity index (χ0) is 24.7. The summed E-state index contributed by atoms with van der Waals surface area (Å²) in [5.74, 6) is -0.941. The number of phenols is 1. The Hall–Kier alpha value is -4.37. The fourth-order valence-electron chi connectivity index (χ4n) is 4.09. The first-order chi connectivity index (χ1) is 16.9. The molecule has 9 heteroatoms. The highest BCUT2D eigenvalue weighted by Crippen LogP contribution is 2.45. The van der Waals surface area contributed by atoms with Crippen molar-refractivity contribution in [3.63, 3.8) is 0 Å². The van der Waals surface area contributed by atoms with Crippen LogP contribution in [0.25, 0.3) is 16.0 Å². The number of Topliss-reactive ketones (excluding diaryl/α,β-unsaturated/α-hetero) is 1. The minimum atomic E-state index is -1.00. The number of thiazole rings is 1. The van der Waals surface area contributed by atoms with E-state index < -0.39 is 17.7 Å². The van der Waals surface area contributed by atoms with Crippen LogP contribution in [-0.2, 0) is 9.59 Å². The van der Waals surface area contributed by atoms with Gasteiger partial charge in [-0.15, -0.1) is 0 Å². The summed E-state index contributed by atoms with van der Waals surface area (Å²) in [6.45, 7) is 0. The molecule has 2 N–H and O–H groups in total. The maximum absolute atomic E-state index is 13.3. The highest BCUT2D eigenvalue weighted by molar-refractivity contribution is 7.22. The molecular weight excluding hydrogens is 468 g/mol. The molecule has 1 fully saturated rings. The van der Waals surface area contributed by atoms with Gasteiger partial charge in [0.15, 0.2) is 5.13 Å². The predicted octanol–water partition coefficient (Wildman–Crippen LogP) is 4.65. The minimum absolute atomic E-state index is 0.0384. The summed E-state index contributed by atoms with van der Waals surface area (Å²) >= 11 is 1.22. The average molecular weight is 489 g/mol. The second kappa shape index (κ2) is 8.77. The molecule has 0 saturated carbocycles. The van der Waals surface area contributed by atoms with Gasteiger partial charge in [0.25, 0.3) is 5.78 Å². The van der Waals surface area contributed by atoms with E-state index in [-0.39, 0.29) is 22.2 Å². The van der Waals surface area contributed by atoms with Gasteiger partial charge in [-0.1, -0.05) is 35.6 Å². The summed E-state index contributed by atoms with van der Waals surface area (Å²) in [5, 5.41) is 21.6. The molecule has 2 heterocycles. The monoisotopic (exact) mass is 488 g/mol. The fourth-order valence-corrected chi connectivity index (χ4v) is 5.11. The second-order valence-electron chi connectivity index (χ2n) is 7.83. The molecule has 8 nitrogen and oxygen atoms in total. The van der Waals surface area contributed by atoms with Crippen LogP contribution in [-0.4, -0.2) is 41.1 Å². The predicted molar refractivity (Wildman–Crippen MR) is 132 cm³/mol. The lowest BCUT2D eigenvalue weighted by Gasteiger charge is -2.23. The standard InChI is InChI=1S/C26H20N2O6S/c1-33-17-8-4-6-15(12-17)23(30)21-22(14-5-3-7-16(29)11-14)28(25(32)24(21)31)26-27-19-10-9-18(34-2)13-20(19)35-26/h3-13,22,29-30H,1-2H3. The number of nitrogens with zero attached hydrogens (tertiary/aromatic N) is 2. The quantitative estimate of drug-likeness (QED) is 0.239. The molecule has 0 radical (unpaired) electrons. The number of amides is 1. The first-order valence-corrected chi connectivity index (χ1v) is 11.4. The van der Waals surface area contributed by atoms with E-state index in [1.165, 1.54) is 35.5 Å². The summed E-state index contributed by atoms with van der Waals surface area (Å²) in [5.41, 5.74) is 1.30. The molecule has 1 atom stereocenters. The lowest BCUT2D eigenvalue weighted by atomic mass is 9.95. The highest BCUT2D eigenvalue weighted by Gasteiger charge is 2.48. The molecule has 3 aromatic carbocycles. The average Bonchev–Trinajstić information content (AvgIpc) is 3.41. The Morgan fingerprint density at radius 3 is 2.46 bits per heavy atom. The van der Waals surface area contributed by atoms with Crippen molar-refractivity contribution in [2.45, 2.75) is 6.04 Å². The molecule has 176 valence electrons. The van der Waals surface area contributed by atoms with Gasteiger partial charge in [0.1, 0.15) is 23.0 Å². The smallest absolute Gasteiger partial charge is 0.301 e. The van der Waals surface area contributed by atoms with Gasteiger partial charge in [0.05, 0.1) is 36.1 Å². The number of hydrogen-bond donors (Lipinski definition) is 2. The first-order valence-electron chi connectivity index (χ1n) is 10.6. The molecule has 1 saturated heterocycles. The van der Waals surface area contributed by atoms with Crippen LogP contribution in [0.1, 0.15) is 17.2 Å². The number of carbonyl (C=O) groups excluding carboxylic acids is 2. The van der Waals surface area contributed by atoms with E-state index in [1.807, 2.05) is 0 Å². The lowest BCUT2D eigenvalue weighted by Crippen LogP contribution is -2.29. The van der Waals surface area contributed by atoms with Gasteiger partial charge < -0.3 is 19.7 Å². The fraction of sp³-hybridized carbons (Fsp3) is 0.115. The number of aliphatic hydroxyl groups excluding tert-OH is 1. The van der Waals surface area contributed by atoms with Crippen LogP contribution in [0.15, 0.2) is 72.3 Å². The number of fused-ring (bicyclic) bond motifs is 1. The van der Waals surface area contributed by atoms with Crippen molar-refractivity contribution in [1.29, 1.82) is 0 Å². The Labute approximate surface area is 204 Å². The third kappa shape index (κ3) is 3.85. The summed E-state index contributed by atoms with van der Waals surface area (Å²) in [4.78, 5) is 32.5. The van der Waals surface area contributed by atoms with E-state index in [9.17, 15) is 19.8 Å². The van der Waals surface area contributed by atoms with Crippen molar-refractivity contribution < 1.29 is 29.3 Å². The third-order valence-corrected chi connectivity index (χ3v) is 6.78. The van der Waals surface area contributed by atoms with E-state index in [4.69, 9.17) is 9.47 Å². The van der Waals surface area contributed by atoms with Crippen molar-refractivity contribution in [2.75, 3.05) is 19.1 Å². The van der Waals surface area contributed by atoms with Crippen LogP contribution >= 0.6 is 11.3 Å². The molecule has 0 spiro atoms. The molecule has 1 aliphatic rings. The van der Waals surface area contributed by atoms with Gasteiger partial charge in [-0.05, 0) is 48.0 Å². The van der Waals surface area contributed by atoms with E-state index in [1.54, 1.807) is 61.7 Å². The van der Waals surface area contributed by atoms with Gasteiger partial charge in [0.2, 0.25) is 0 Å². The normalized spacial score (nSPS) is 17.2. The van der Waals surface area contributed by atoms with Gasteiger partial charge in [-0.2, -0.15) is 0 Å². The van der Waals surface area contributed by atoms with Gasteiger partial charge in [0, 0.05) is 5.56 Å². The maximum atomic E-state index is 13.3. The first kappa shape index (κ1) is 22.4. The Kier molecular flexibility index (Phi) is 5.62. The largest absolute Gasteiger partial charge is 0.508 e. The molecule has 0 aliphatic carbocycles. The Balaban J connectivity index is 1.72. The van der Waals surface area contributed by atoms with Gasteiger partial charge in [-0.3, -0.25) is 14.5 Å². The highest BCUT2D eigenvalue weighted by atomic mass is 32.1. The van der Waals surface area contributed by atoms with Crippen LogP contribution in [0.4, 0.5) is 5.13 Å². The number of ketones is 1. The minimum Gasteiger partial charge on any atom is -0.508 e. The second-order valence-corrected chi connectivity index (χ2v) is 8.84. The zero-order valence-electron chi connectivity index (χ0n) is 18.8. The van der Waals surface area contributed by atoms with Crippen molar-refractivity contribution in [3.8, 4) is 17.2 Å². The number of anilines is 1. The van der Waals surface area contributed by atoms with Crippen LogP contribution in [0, 0.1) is 0 Å². The number of aliphatic hydroxyl groups is 1. The molecule has 1 unspecified atom stereocenters. The summed E-state index contributed by atoms with van der Waals surface area (Å²) in [6, 6.07) is 17.1. The third-order valence-electron chi connectivity index (χ3n) is 5.76. The number of ether oxygens (including phenoxy) is 2. The number of aromatic nitrogens is 1. The van der Waals surface area contributed by atoms with Crippen LogP contribution in [0.5, 0.6) is 17.2 Å². The topological polar surface area (TPSA) is 109 Å². The van der Waals surface area contributed by atoms with Crippen molar-refractivity contribution in [1.82, 2.24) is 4.98 Å². The summed E-state index contributed by atoms with van der Waals surface area (Å²) < 4.78 is 11.3. The molecule has 4 aromatic rings. The van der Waals surface area contributed by atoms with E-state index >= 15 is 0 Å². The number of rotatable bonds is 5. The molecular formula is C26H20N2O6S. The van der Waals surface area contributed by atoms with Gasteiger partial charge in [-0.25, -0.2) is 4.98 Å². The molecule has 1 aliphatic heterocycles. The maximum Gasteiger partial charge on any atom is 0.301 e. The number of carbonyl (C=O) groups is 2. The number of methoxy groups -OCH3 is 2. The number of hydrogen-bond acceptors (Lipinski definition) is 8. The summed E-state index contributed by atoms with van der Waals surface area (Å²) in [6.07, 6.45) is 0. The molecule has 5 rings (SSSR count). The lowest BCUT2D eigenvalue weighted by molar-refractivity contribution is -0.132. The van der Waals surface area contributed by atoms with E-state index in [0.29, 0.717) is 28.1 Å². The van der Waals surface area contributed by atoms with E-state index in [0.717, 1.165) is 4.70 Å². The van der Waals surface area contributed by atoms with E-state index in [2.05, 4.69) is 4.98 Å². The number of benzene rings is 3. The molecule has 0 bridgehead atoms. The molecule has 35 heavy (non-hydrogen) atoms. The number of aromatic hydroxyl groups is 1. The van der Waals surface area contributed by atoms with Crippen LogP contribution in [0.2, 0.25) is 0 Å². The van der Waals surface area contributed by atoms with Crippen LogP contribution < -0.4 is 14.4 Å². The zero-order valence-corrected chi connectivity index (χ0v) is 19.6. The molecule has 1 amide bonds. The van der Waals surface area contributed by atoms with Crippen molar-refractivity contribution >= 4 is 44.1 Å². The molecule has 1 aromatic heterocycles. The Bertz CT molecular complexity index is 1510. The number of phenolic OH excluding ortho intramolecular Hbond substituents is 1. The Morgan fingerprint density at radius 1 is 0.971 bits per heavy atom. The SMILES string of the molecule is COc1cccc(C(O)=C2C(=O)C(=O)N(c3nc4ccc(OC)cc4s3)C2c2cccc(O)c2)c1. The van der Waals surface area contributed by atoms with Gasteiger partial charge >= 0.3 is 5.91 Å². The van der Waals surface area contributed by atoms with Crippen molar-refractivity contribution in [3.05, 3.63) is 83.4 Å². The summed E-state index contributed by atoms with van der Waals surface area (Å²) in [7, 11) is 3.05. The van der Waals surface area contributed by atoms with Crippen molar-refractivity contribution in [2.24, 2.45) is 0 Å². The Morgan fingerprint density at radius 2 is 1.71 bits per heavy atom.